The number of aliphatic imine (C=N–C) groups is 1. The number of benzene rings is 1. The first-order valence-electron chi connectivity index (χ1n) is 12.8. The average Bonchev–Trinajstić information content (AvgIpc) is 2.90. The molecular formula is C25H38N8O8. The molecule has 4 atom stereocenters. The van der Waals surface area contributed by atoms with Gasteiger partial charge in [0.2, 0.25) is 23.6 Å². The fourth-order valence-electron chi connectivity index (χ4n) is 3.64. The Morgan fingerprint density at radius 2 is 1.29 bits per heavy atom. The summed E-state index contributed by atoms with van der Waals surface area (Å²) in [6.45, 7) is 0.106. The van der Waals surface area contributed by atoms with Gasteiger partial charge in [0, 0.05) is 19.4 Å². The van der Waals surface area contributed by atoms with Crippen LogP contribution in [0, 0.1) is 0 Å². The normalized spacial score (nSPS) is 13.5. The van der Waals surface area contributed by atoms with Gasteiger partial charge in [-0.1, -0.05) is 30.3 Å². The molecule has 0 radical (unpaired) electrons. The number of hydrogen-bond donors (Lipinski definition) is 9. The molecule has 13 N–H and O–H groups in total. The molecule has 1 aromatic rings. The molecule has 0 spiro atoms. The van der Waals surface area contributed by atoms with Crippen molar-refractivity contribution < 1.29 is 39.0 Å². The Kier molecular flexibility index (Phi) is 14.9. The van der Waals surface area contributed by atoms with E-state index >= 15 is 0 Å². The Bertz CT molecular complexity index is 1090. The van der Waals surface area contributed by atoms with E-state index < -0.39 is 72.6 Å². The molecule has 0 bridgehead atoms. The third-order valence-corrected chi connectivity index (χ3v) is 5.79. The predicted octanol–water partition coefficient (Wildman–Crippen LogP) is -2.72. The van der Waals surface area contributed by atoms with E-state index in [0.29, 0.717) is 0 Å². The highest BCUT2D eigenvalue weighted by atomic mass is 16.4. The Balaban J connectivity index is 3.01. The number of amides is 4. The Morgan fingerprint density at radius 1 is 0.756 bits per heavy atom. The van der Waals surface area contributed by atoms with Crippen LogP contribution in [0.4, 0.5) is 0 Å². The quantitative estimate of drug-likeness (QED) is 0.0461. The van der Waals surface area contributed by atoms with E-state index in [0.717, 1.165) is 5.56 Å². The molecule has 0 fully saturated rings. The molecule has 0 heterocycles. The minimum absolute atomic E-state index is 0.0615. The third-order valence-electron chi connectivity index (χ3n) is 5.79. The standard InChI is InChI=1S/C25H38N8O8/c26-15(13-14-5-2-1-3-6-14)21(37)31-16(8-10-19(27)34)22(38)32-17(9-11-20(35)36)23(39)33-18(24(40)41)7-4-12-30-25(28)29/h1-3,5-6,15-18H,4,7-13,26H2,(H2,27,34)(H,31,37)(H,32,38)(H,33,39)(H,35,36)(H,40,41)(H4,28,29,30). The lowest BCUT2D eigenvalue weighted by Gasteiger charge is -2.25. The summed E-state index contributed by atoms with van der Waals surface area (Å²) in [5.41, 5.74) is 22.4. The van der Waals surface area contributed by atoms with Gasteiger partial charge in [0.15, 0.2) is 5.96 Å². The van der Waals surface area contributed by atoms with Crippen LogP contribution in [0.2, 0.25) is 0 Å². The van der Waals surface area contributed by atoms with Crippen LogP contribution in [-0.4, -0.2) is 82.5 Å². The maximum Gasteiger partial charge on any atom is 0.326 e. The highest BCUT2D eigenvalue weighted by Crippen LogP contribution is 2.07. The molecule has 16 nitrogen and oxygen atoms in total. The van der Waals surface area contributed by atoms with Crippen LogP contribution in [0.15, 0.2) is 35.3 Å². The van der Waals surface area contributed by atoms with Gasteiger partial charge < -0.3 is 49.1 Å². The van der Waals surface area contributed by atoms with Crippen molar-refractivity contribution in [3.63, 3.8) is 0 Å². The van der Waals surface area contributed by atoms with Crippen molar-refractivity contribution in [1.82, 2.24) is 16.0 Å². The van der Waals surface area contributed by atoms with E-state index in [9.17, 15) is 33.9 Å². The molecule has 0 aliphatic rings. The first-order chi connectivity index (χ1) is 19.3. The number of carbonyl (C=O) groups is 6. The number of aliphatic carboxylic acids is 2. The zero-order valence-electron chi connectivity index (χ0n) is 22.5. The van der Waals surface area contributed by atoms with Gasteiger partial charge in [0.05, 0.1) is 6.04 Å². The second-order valence-electron chi connectivity index (χ2n) is 9.20. The van der Waals surface area contributed by atoms with Crippen molar-refractivity contribution >= 4 is 41.5 Å². The smallest absolute Gasteiger partial charge is 0.326 e. The summed E-state index contributed by atoms with van der Waals surface area (Å²) in [6, 6.07) is 3.58. The number of hydrogen-bond acceptors (Lipinski definition) is 8. The van der Waals surface area contributed by atoms with E-state index in [1.54, 1.807) is 30.3 Å². The van der Waals surface area contributed by atoms with Gasteiger partial charge in [0.1, 0.15) is 18.1 Å². The van der Waals surface area contributed by atoms with Gasteiger partial charge in [-0.2, -0.15) is 0 Å². The zero-order valence-corrected chi connectivity index (χ0v) is 22.5. The number of nitrogens with zero attached hydrogens (tertiary/aromatic N) is 1. The molecule has 16 heteroatoms. The molecule has 0 aliphatic heterocycles. The summed E-state index contributed by atoms with van der Waals surface area (Å²) in [4.78, 5) is 76.7. The van der Waals surface area contributed by atoms with Crippen LogP contribution < -0.4 is 38.9 Å². The lowest BCUT2D eigenvalue weighted by molar-refractivity contribution is -0.143. The van der Waals surface area contributed by atoms with Gasteiger partial charge in [-0.15, -0.1) is 0 Å². The number of nitrogens with one attached hydrogen (secondary N) is 3. The summed E-state index contributed by atoms with van der Waals surface area (Å²) in [7, 11) is 0. The highest BCUT2D eigenvalue weighted by molar-refractivity contribution is 5.94. The van der Waals surface area contributed by atoms with Crippen LogP contribution >= 0.6 is 0 Å². The summed E-state index contributed by atoms with van der Waals surface area (Å²) in [6.07, 6.45) is -1.17. The maximum atomic E-state index is 13.1. The number of guanidine groups is 1. The van der Waals surface area contributed by atoms with Crippen molar-refractivity contribution in [2.24, 2.45) is 27.9 Å². The first kappa shape index (κ1) is 34.3. The average molecular weight is 579 g/mol. The number of nitrogens with two attached hydrogens (primary N) is 4. The van der Waals surface area contributed by atoms with E-state index in [1.807, 2.05) is 0 Å². The van der Waals surface area contributed by atoms with Gasteiger partial charge in [-0.05, 0) is 37.7 Å². The van der Waals surface area contributed by atoms with Gasteiger partial charge >= 0.3 is 11.9 Å². The molecule has 0 aromatic heterocycles. The molecule has 4 amide bonds. The number of carboxylic acids is 2. The second kappa shape index (κ2) is 17.8. The SMILES string of the molecule is NC(=O)CCC(NC(=O)C(N)Cc1ccccc1)C(=O)NC(CCC(=O)O)C(=O)NC(CCCN=C(N)N)C(=O)O. The van der Waals surface area contributed by atoms with Crippen LogP contribution in [0.5, 0.6) is 0 Å². The van der Waals surface area contributed by atoms with Crippen molar-refractivity contribution in [2.75, 3.05) is 6.54 Å². The lowest BCUT2D eigenvalue weighted by Crippen LogP contribution is -2.57. The van der Waals surface area contributed by atoms with Crippen molar-refractivity contribution in [3.8, 4) is 0 Å². The lowest BCUT2D eigenvalue weighted by atomic mass is 10.0. The molecule has 226 valence electrons. The van der Waals surface area contributed by atoms with Gasteiger partial charge in [-0.25, -0.2) is 4.79 Å². The number of carboxylic acid groups (broad SMARTS) is 2. The number of primary amides is 1. The molecular weight excluding hydrogens is 540 g/mol. The molecule has 0 saturated heterocycles. The third kappa shape index (κ3) is 14.3. The molecule has 41 heavy (non-hydrogen) atoms. The molecule has 4 unspecified atom stereocenters. The maximum absolute atomic E-state index is 13.1. The first-order valence-corrected chi connectivity index (χ1v) is 12.8. The fourth-order valence-corrected chi connectivity index (χ4v) is 3.64. The van der Waals surface area contributed by atoms with E-state index in [1.165, 1.54) is 0 Å². The summed E-state index contributed by atoms with van der Waals surface area (Å²) in [5.74, 6) is -6.17. The molecule has 0 saturated carbocycles. The van der Waals surface area contributed by atoms with Crippen LogP contribution in [0.25, 0.3) is 0 Å². The Morgan fingerprint density at radius 3 is 1.80 bits per heavy atom. The van der Waals surface area contributed by atoms with Gasteiger partial charge in [0.25, 0.3) is 0 Å². The monoisotopic (exact) mass is 578 g/mol. The molecule has 1 aromatic carbocycles. The van der Waals surface area contributed by atoms with Gasteiger partial charge in [-0.3, -0.25) is 29.0 Å². The number of rotatable bonds is 19. The number of carbonyl (C=O) groups excluding carboxylic acids is 4. The van der Waals surface area contributed by atoms with Crippen molar-refractivity contribution in [3.05, 3.63) is 35.9 Å². The fraction of sp³-hybridized carbons (Fsp3) is 0.480. The summed E-state index contributed by atoms with van der Waals surface area (Å²) < 4.78 is 0. The van der Waals surface area contributed by atoms with Crippen molar-refractivity contribution in [1.29, 1.82) is 0 Å². The Hall–Kier alpha value is -4.73. The van der Waals surface area contributed by atoms with E-state index in [-0.39, 0.29) is 44.6 Å². The van der Waals surface area contributed by atoms with Crippen molar-refractivity contribution in [2.45, 2.75) is 69.1 Å². The van der Waals surface area contributed by atoms with E-state index in [4.69, 9.17) is 28.0 Å². The predicted molar refractivity (Wildman–Crippen MR) is 147 cm³/mol. The van der Waals surface area contributed by atoms with Crippen LogP contribution in [0.1, 0.15) is 44.1 Å². The summed E-state index contributed by atoms with van der Waals surface area (Å²) >= 11 is 0. The minimum Gasteiger partial charge on any atom is -0.481 e. The highest BCUT2D eigenvalue weighted by Gasteiger charge is 2.30. The van der Waals surface area contributed by atoms with Crippen LogP contribution in [0.3, 0.4) is 0 Å². The minimum atomic E-state index is -1.48. The molecule has 1 rings (SSSR count). The summed E-state index contributed by atoms with van der Waals surface area (Å²) in [5, 5.41) is 25.7. The topological polar surface area (TPSA) is 295 Å². The zero-order chi connectivity index (χ0) is 30.9. The van der Waals surface area contributed by atoms with E-state index in [2.05, 4.69) is 20.9 Å². The Labute approximate surface area is 236 Å². The van der Waals surface area contributed by atoms with Crippen LogP contribution in [-0.2, 0) is 35.2 Å². The second-order valence-corrected chi connectivity index (χ2v) is 9.20. The largest absolute Gasteiger partial charge is 0.481 e. The molecule has 0 aliphatic carbocycles.